The predicted octanol–water partition coefficient (Wildman–Crippen LogP) is 3.19. The number of aromatic nitrogens is 1. The van der Waals surface area contributed by atoms with Gasteiger partial charge in [-0.05, 0) is 17.1 Å². The average molecular weight is 228 g/mol. The number of fused-ring (bicyclic) bond motifs is 1. The smallest absolute Gasteiger partial charge is 0.0590 e. The Balaban J connectivity index is 2.79. The fraction of sp³-hybridized carbons (Fsp3) is 0.125. The quantitative estimate of drug-likeness (QED) is 0.683. The third kappa shape index (κ3) is 1.19. The fourth-order valence-corrected chi connectivity index (χ4v) is 2.47. The molecule has 0 atom stereocenters. The molecule has 56 valence electrons. The highest BCUT2D eigenvalue weighted by atomic mass is 79.9. The number of alkyl halides is 1. The summed E-state index contributed by atoms with van der Waals surface area (Å²) in [4.78, 5) is 0. The Morgan fingerprint density at radius 2 is 2.36 bits per heavy atom. The molecular weight excluding hydrogens is 222 g/mol. The normalized spacial score (nSPS) is 10.6. The third-order valence-electron chi connectivity index (χ3n) is 1.61. The highest BCUT2D eigenvalue weighted by Gasteiger charge is 1.99. The Labute approximate surface area is 77.3 Å². The van der Waals surface area contributed by atoms with Crippen LogP contribution >= 0.6 is 27.5 Å². The van der Waals surface area contributed by atoms with Crippen molar-refractivity contribution in [2.75, 3.05) is 0 Å². The topological polar surface area (TPSA) is 12.9 Å². The van der Waals surface area contributed by atoms with Gasteiger partial charge >= 0.3 is 0 Å². The lowest BCUT2D eigenvalue weighted by Gasteiger charge is -1.94. The monoisotopic (exact) mass is 227 g/mol. The van der Waals surface area contributed by atoms with E-state index in [1.165, 1.54) is 15.6 Å². The first kappa shape index (κ1) is 7.25. The van der Waals surface area contributed by atoms with E-state index in [1.807, 2.05) is 6.20 Å². The summed E-state index contributed by atoms with van der Waals surface area (Å²) in [5.74, 6) is 0. The summed E-state index contributed by atoms with van der Waals surface area (Å²) < 4.78 is 5.43. The van der Waals surface area contributed by atoms with Gasteiger partial charge in [0, 0.05) is 16.9 Å². The molecule has 2 aromatic rings. The first-order valence-electron chi connectivity index (χ1n) is 3.30. The lowest BCUT2D eigenvalue weighted by molar-refractivity contribution is 1.51. The largest absolute Gasteiger partial charge is 0.200 e. The molecule has 3 heteroatoms. The Hall–Kier alpha value is -0.410. The summed E-state index contributed by atoms with van der Waals surface area (Å²) in [5, 5.41) is 2.15. The average Bonchev–Trinajstić information content (AvgIpc) is 2.50. The molecule has 11 heavy (non-hydrogen) atoms. The molecule has 2 rings (SSSR count). The van der Waals surface area contributed by atoms with Gasteiger partial charge in [0.15, 0.2) is 0 Å². The van der Waals surface area contributed by atoms with Gasteiger partial charge in [-0.2, -0.15) is 4.37 Å². The van der Waals surface area contributed by atoms with Crippen molar-refractivity contribution in [3.63, 3.8) is 0 Å². The van der Waals surface area contributed by atoms with Crippen molar-refractivity contribution in [1.82, 2.24) is 4.37 Å². The number of nitrogens with zero attached hydrogens (tertiary/aromatic N) is 1. The van der Waals surface area contributed by atoms with Crippen LogP contribution in [0.2, 0.25) is 0 Å². The van der Waals surface area contributed by atoms with E-state index in [2.05, 4.69) is 38.5 Å². The maximum absolute atomic E-state index is 4.13. The van der Waals surface area contributed by atoms with E-state index in [-0.39, 0.29) is 0 Å². The zero-order valence-corrected chi connectivity index (χ0v) is 8.15. The van der Waals surface area contributed by atoms with Crippen LogP contribution in [0, 0.1) is 0 Å². The number of benzene rings is 1. The van der Waals surface area contributed by atoms with Crippen molar-refractivity contribution in [3.8, 4) is 0 Å². The lowest BCUT2D eigenvalue weighted by atomic mass is 10.2. The molecule has 1 heterocycles. The SMILES string of the molecule is BrCc1cccc2cnsc12. The molecule has 1 aromatic heterocycles. The summed E-state index contributed by atoms with van der Waals surface area (Å²) >= 11 is 5.00. The molecule has 0 N–H and O–H groups in total. The summed E-state index contributed by atoms with van der Waals surface area (Å²) in [5.41, 5.74) is 1.32. The van der Waals surface area contributed by atoms with E-state index >= 15 is 0 Å². The second-order valence-electron chi connectivity index (χ2n) is 2.29. The van der Waals surface area contributed by atoms with E-state index in [9.17, 15) is 0 Å². The van der Waals surface area contributed by atoms with Gasteiger partial charge in [-0.3, -0.25) is 0 Å². The summed E-state index contributed by atoms with van der Waals surface area (Å²) in [6, 6.07) is 6.27. The van der Waals surface area contributed by atoms with Crippen LogP contribution in [-0.4, -0.2) is 4.37 Å². The first-order valence-corrected chi connectivity index (χ1v) is 5.19. The molecule has 0 aliphatic heterocycles. The molecule has 0 saturated carbocycles. The number of hydrogen-bond acceptors (Lipinski definition) is 2. The molecule has 0 bridgehead atoms. The van der Waals surface area contributed by atoms with E-state index < -0.39 is 0 Å². The Morgan fingerprint density at radius 3 is 3.18 bits per heavy atom. The fourth-order valence-electron chi connectivity index (χ4n) is 1.06. The van der Waals surface area contributed by atoms with Crippen LogP contribution in [0.1, 0.15) is 5.56 Å². The van der Waals surface area contributed by atoms with Gasteiger partial charge in [0.1, 0.15) is 0 Å². The Bertz CT molecular complexity index is 369. The zero-order chi connectivity index (χ0) is 7.68. The summed E-state index contributed by atoms with van der Waals surface area (Å²) in [6.45, 7) is 0. The maximum atomic E-state index is 4.13. The van der Waals surface area contributed by atoms with E-state index in [4.69, 9.17) is 0 Å². The van der Waals surface area contributed by atoms with E-state index in [1.54, 1.807) is 11.5 Å². The van der Waals surface area contributed by atoms with Crippen LogP contribution in [0.5, 0.6) is 0 Å². The van der Waals surface area contributed by atoms with Crippen molar-refractivity contribution in [2.24, 2.45) is 0 Å². The number of hydrogen-bond donors (Lipinski definition) is 0. The van der Waals surface area contributed by atoms with Gasteiger partial charge in [0.25, 0.3) is 0 Å². The minimum absolute atomic E-state index is 0.909. The standard InChI is InChI=1S/C8H6BrNS/c9-4-6-2-1-3-7-5-10-11-8(6)7/h1-3,5H,4H2. The highest BCUT2D eigenvalue weighted by Crippen LogP contribution is 2.23. The van der Waals surface area contributed by atoms with Gasteiger partial charge < -0.3 is 0 Å². The van der Waals surface area contributed by atoms with Crippen molar-refractivity contribution in [1.29, 1.82) is 0 Å². The molecule has 1 aromatic carbocycles. The van der Waals surface area contributed by atoms with Crippen LogP contribution in [0.4, 0.5) is 0 Å². The summed E-state index contributed by atoms with van der Waals surface area (Å²) in [6.07, 6.45) is 1.91. The first-order chi connectivity index (χ1) is 5.42. The van der Waals surface area contributed by atoms with Crippen molar-refractivity contribution >= 4 is 37.5 Å². The van der Waals surface area contributed by atoms with Crippen molar-refractivity contribution in [3.05, 3.63) is 30.0 Å². The van der Waals surface area contributed by atoms with E-state index in [0.29, 0.717) is 0 Å². The highest BCUT2D eigenvalue weighted by molar-refractivity contribution is 9.08. The van der Waals surface area contributed by atoms with Crippen LogP contribution in [0.3, 0.4) is 0 Å². The van der Waals surface area contributed by atoms with Gasteiger partial charge in [-0.15, -0.1) is 0 Å². The molecule has 0 radical (unpaired) electrons. The van der Waals surface area contributed by atoms with E-state index in [0.717, 1.165) is 5.33 Å². The van der Waals surface area contributed by atoms with Crippen LogP contribution in [-0.2, 0) is 5.33 Å². The van der Waals surface area contributed by atoms with Gasteiger partial charge in [0.05, 0.1) is 4.70 Å². The molecule has 1 nitrogen and oxygen atoms in total. The minimum Gasteiger partial charge on any atom is -0.200 e. The molecule has 0 unspecified atom stereocenters. The van der Waals surface area contributed by atoms with Crippen LogP contribution in [0.15, 0.2) is 24.4 Å². The number of halogens is 1. The molecule has 0 aliphatic rings. The van der Waals surface area contributed by atoms with Gasteiger partial charge in [-0.25, -0.2) is 0 Å². The van der Waals surface area contributed by atoms with Crippen LogP contribution < -0.4 is 0 Å². The zero-order valence-electron chi connectivity index (χ0n) is 5.75. The molecule has 0 amide bonds. The minimum atomic E-state index is 0.909. The third-order valence-corrected chi connectivity index (χ3v) is 3.10. The second-order valence-corrected chi connectivity index (χ2v) is 3.66. The molecule has 0 saturated heterocycles. The Kier molecular flexibility index (Phi) is 1.92. The van der Waals surface area contributed by atoms with Crippen molar-refractivity contribution in [2.45, 2.75) is 5.33 Å². The predicted molar refractivity (Wildman–Crippen MR) is 52.3 cm³/mol. The second kappa shape index (κ2) is 2.91. The maximum Gasteiger partial charge on any atom is 0.0590 e. The van der Waals surface area contributed by atoms with Gasteiger partial charge in [-0.1, -0.05) is 34.1 Å². The Morgan fingerprint density at radius 1 is 1.45 bits per heavy atom. The van der Waals surface area contributed by atoms with Crippen LogP contribution in [0.25, 0.3) is 10.1 Å². The lowest BCUT2D eigenvalue weighted by Crippen LogP contribution is -1.74. The summed E-state index contributed by atoms with van der Waals surface area (Å²) in [7, 11) is 0. The number of rotatable bonds is 1. The molecule has 0 fully saturated rings. The molecule has 0 aliphatic carbocycles. The van der Waals surface area contributed by atoms with Crippen molar-refractivity contribution < 1.29 is 0 Å². The van der Waals surface area contributed by atoms with Gasteiger partial charge in [0.2, 0.25) is 0 Å². The molecular formula is C8H6BrNS. The molecule has 0 spiro atoms.